The number of pyridine rings is 1. The van der Waals surface area contributed by atoms with Gasteiger partial charge in [0.15, 0.2) is 0 Å². The third kappa shape index (κ3) is 3.80. The number of hydrogen-bond acceptors (Lipinski definition) is 4. The van der Waals surface area contributed by atoms with E-state index < -0.39 is 0 Å². The fraction of sp³-hybridized carbons (Fsp3) is 0.353. The Morgan fingerprint density at radius 3 is 2.62 bits per heavy atom. The van der Waals surface area contributed by atoms with Crippen LogP contribution in [-0.2, 0) is 4.74 Å². The van der Waals surface area contributed by atoms with Gasteiger partial charge in [-0.3, -0.25) is 4.98 Å². The lowest BCUT2D eigenvalue weighted by molar-refractivity contribution is 0.0677. The number of nitrogens with zero attached hydrogens (tertiary/aromatic N) is 1. The highest BCUT2D eigenvalue weighted by molar-refractivity contribution is 5.47. The summed E-state index contributed by atoms with van der Waals surface area (Å²) in [5.41, 5.74) is 8.96. The first-order chi connectivity index (χ1) is 10.3. The number of anilines is 1. The number of nitrogen functional groups attached to an aromatic ring is 1. The standard InChI is InChI=1S/C17H23N3O/c1-3-10-20-16(14-12-19-11-9-15(14)18)17(21-2)13-7-5-4-6-8-13/h4-9,11-12,16-17,20H,3,10H2,1-2H3,(H2,18,19). The van der Waals surface area contributed by atoms with Crippen molar-refractivity contribution < 1.29 is 4.74 Å². The molecule has 0 aliphatic rings. The van der Waals surface area contributed by atoms with E-state index in [2.05, 4.69) is 29.4 Å². The molecule has 0 saturated heterocycles. The van der Waals surface area contributed by atoms with Crippen LogP contribution in [0.5, 0.6) is 0 Å². The molecule has 0 spiro atoms. The Hall–Kier alpha value is -1.91. The Labute approximate surface area is 126 Å². The van der Waals surface area contributed by atoms with Gasteiger partial charge in [0, 0.05) is 30.8 Å². The minimum atomic E-state index is -0.107. The van der Waals surface area contributed by atoms with E-state index >= 15 is 0 Å². The average Bonchev–Trinajstić information content (AvgIpc) is 2.53. The Morgan fingerprint density at radius 2 is 2.00 bits per heavy atom. The molecule has 4 nitrogen and oxygen atoms in total. The first-order valence-electron chi connectivity index (χ1n) is 7.28. The van der Waals surface area contributed by atoms with Gasteiger partial charge in [0.2, 0.25) is 0 Å². The predicted molar refractivity (Wildman–Crippen MR) is 85.9 cm³/mol. The first-order valence-corrected chi connectivity index (χ1v) is 7.28. The van der Waals surface area contributed by atoms with Gasteiger partial charge < -0.3 is 15.8 Å². The summed E-state index contributed by atoms with van der Waals surface area (Å²) in [6.07, 6.45) is 4.46. The van der Waals surface area contributed by atoms with Gasteiger partial charge in [0.05, 0.1) is 6.04 Å². The van der Waals surface area contributed by atoms with Gasteiger partial charge in [-0.05, 0) is 24.6 Å². The molecule has 0 radical (unpaired) electrons. The van der Waals surface area contributed by atoms with Crippen molar-refractivity contribution in [1.82, 2.24) is 10.3 Å². The average molecular weight is 285 g/mol. The molecule has 0 aliphatic carbocycles. The number of nitrogens with one attached hydrogen (secondary N) is 1. The quantitative estimate of drug-likeness (QED) is 0.820. The first kappa shape index (κ1) is 15.5. The van der Waals surface area contributed by atoms with Crippen molar-refractivity contribution in [3.63, 3.8) is 0 Å². The molecule has 0 saturated carbocycles. The smallest absolute Gasteiger partial charge is 0.102 e. The number of aromatic nitrogens is 1. The van der Waals surface area contributed by atoms with Gasteiger partial charge in [0.1, 0.15) is 6.10 Å². The third-order valence-corrected chi connectivity index (χ3v) is 3.52. The van der Waals surface area contributed by atoms with Crippen molar-refractivity contribution in [2.75, 3.05) is 19.4 Å². The Kier molecular flexibility index (Phi) is 5.72. The van der Waals surface area contributed by atoms with Gasteiger partial charge in [-0.15, -0.1) is 0 Å². The van der Waals surface area contributed by atoms with Crippen LogP contribution < -0.4 is 11.1 Å². The van der Waals surface area contributed by atoms with Crippen LogP contribution in [-0.4, -0.2) is 18.6 Å². The maximum Gasteiger partial charge on any atom is 0.102 e. The SMILES string of the molecule is CCCNC(c1cnccc1N)C(OC)c1ccccc1. The lowest BCUT2D eigenvalue weighted by Crippen LogP contribution is -2.29. The molecule has 0 fully saturated rings. The van der Waals surface area contributed by atoms with Crippen LogP contribution in [0.2, 0.25) is 0 Å². The summed E-state index contributed by atoms with van der Waals surface area (Å²) >= 11 is 0. The van der Waals surface area contributed by atoms with Crippen molar-refractivity contribution in [3.8, 4) is 0 Å². The largest absolute Gasteiger partial charge is 0.398 e. The van der Waals surface area contributed by atoms with Gasteiger partial charge in [-0.25, -0.2) is 0 Å². The minimum Gasteiger partial charge on any atom is -0.398 e. The van der Waals surface area contributed by atoms with Crippen LogP contribution in [0, 0.1) is 0 Å². The number of ether oxygens (including phenoxy) is 1. The fourth-order valence-corrected chi connectivity index (χ4v) is 2.46. The van der Waals surface area contributed by atoms with Crippen LogP contribution in [0.3, 0.4) is 0 Å². The van der Waals surface area contributed by atoms with E-state index in [0.717, 1.165) is 29.8 Å². The van der Waals surface area contributed by atoms with Gasteiger partial charge in [-0.2, -0.15) is 0 Å². The van der Waals surface area contributed by atoms with E-state index in [1.54, 1.807) is 13.3 Å². The van der Waals surface area contributed by atoms with Crippen LogP contribution in [0.25, 0.3) is 0 Å². The van der Waals surface area contributed by atoms with Gasteiger partial charge in [0.25, 0.3) is 0 Å². The Bertz CT molecular complexity index is 545. The summed E-state index contributed by atoms with van der Waals surface area (Å²) < 4.78 is 5.76. The predicted octanol–water partition coefficient (Wildman–Crippen LogP) is 3.09. The molecule has 1 aromatic heterocycles. The number of methoxy groups -OCH3 is 1. The topological polar surface area (TPSA) is 60.2 Å². The molecule has 2 aromatic rings. The molecule has 0 bridgehead atoms. The molecule has 0 amide bonds. The molecule has 2 unspecified atom stereocenters. The van der Waals surface area contributed by atoms with Gasteiger partial charge in [-0.1, -0.05) is 37.3 Å². The van der Waals surface area contributed by atoms with E-state index in [-0.39, 0.29) is 12.1 Å². The van der Waals surface area contributed by atoms with E-state index in [1.165, 1.54) is 0 Å². The molecular weight excluding hydrogens is 262 g/mol. The molecule has 112 valence electrons. The summed E-state index contributed by atoms with van der Waals surface area (Å²) in [5.74, 6) is 0. The molecule has 0 aliphatic heterocycles. The summed E-state index contributed by atoms with van der Waals surface area (Å²) in [7, 11) is 1.73. The van der Waals surface area contributed by atoms with Crippen molar-refractivity contribution in [2.45, 2.75) is 25.5 Å². The van der Waals surface area contributed by atoms with Crippen molar-refractivity contribution in [3.05, 3.63) is 59.9 Å². The van der Waals surface area contributed by atoms with Crippen molar-refractivity contribution >= 4 is 5.69 Å². The number of benzene rings is 1. The molecule has 21 heavy (non-hydrogen) atoms. The maximum atomic E-state index is 6.13. The van der Waals surface area contributed by atoms with E-state index in [4.69, 9.17) is 10.5 Å². The second-order valence-corrected chi connectivity index (χ2v) is 5.00. The van der Waals surface area contributed by atoms with Gasteiger partial charge >= 0.3 is 0 Å². The zero-order chi connectivity index (χ0) is 15.1. The summed E-state index contributed by atoms with van der Waals surface area (Å²) in [4.78, 5) is 4.21. The molecule has 1 aromatic carbocycles. The summed E-state index contributed by atoms with van der Waals surface area (Å²) in [6.45, 7) is 3.03. The Balaban J connectivity index is 2.36. The van der Waals surface area contributed by atoms with Crippen molar-refractivity contribution in [1.29, 1.82) is 0 Å². The number of hydrogen-bond donors (Lipinski definition) is 2. The summed E-state index contributed by atoms with van der Waals surface area (Å²) in [6, 6.07) is 12.0. The van der Waals surface area contributed by atoms with Crippen LogP contribution in [0.1, 0.15) is 36.6 Å². The second kappa shape index (κ2) is 7.76. The lowest BCUT2D eigenvalue weighted by atomic mass is 9.95. The van der Waals surface area contributed by atoms with E-state index in [0.29, 0.717) is 0 Å². The van der Waals surface area contributed by atoms with Crippen LogP contribution >= 0.6 is 0 Å². The highest BCUT2D eigenvalue weighted by Gasteiger charge is 2.25. The van der Waals surface area contributed by atoms with E-state index in [9.17, 15) is 0 Å². The highest BCUT2D eigenvalue weighted by Crippen LogP contribution is 2.33. The lowest BCUT2D eigenvalue weighted by Gasteiger charge is -2.28. The monoisotopic (exact) mass is 285 g/mol. The molecular formula is C17H23N3O. The second-order valence-electron chi connectivity index (χ2n) is 5.00. The molecule has 2 rings (SSSR count). The molecule has 2 atom stereocenters. The fourth-order valence-electron chi connectivity index (χ4n) is 2.46. The van der Waals surface area contributed by atoms with E-state index in [1.807, 2.05) is 30.5 Å². The molecule has 3 N–H and O–H groups in total. The number of nitrogens with two attached hydrogens (primary N) is 1. The van der Waals surface area contributed by atoms with Crippen LogP contribution in [0.4, 0.5) is 5.69 Å². The third-order valence-electron chi connectivity index (χ3n) is 3.52. The Morgan fingerprint density at radius 1 is 1.24 bits per heavy atom. The molecule has 4 heteroatoms. The molecule has 1 heterocycles. The van der Waals surface area contributed by atoms with Crippen molar-refractivity contribution in [2.24, 2.45) is 0 Å². The highest BCUT2D eigenvalue weighted by atomic mass is 16.5. The zero-order valence-electron chi connectivity index (χ0n) is 12.6. The van der Waals surface area contributed by atoms with Crippen LogP contribution in [0.15, 0.2) is 48.8 Å². The zero-order valence-corrected chi connectivity index (χ0v) is 12.6. The number of rotatable bonds is 7. The normalized spacial score (nSPS) is 13.8. The summed E-state index contributed by atoms with van der Waals surface area (Å²) in [5, 5.41) is 3.53. The minimum absolute atomic E-state index is 0.0222. The maximum absolute atomic E-state index is 6.13.